The van der Waals surface area contributed by atoms with Crippen LogP contribution in [0.5, 0.6) is 5.75 Å². The largest absolute Gasteiger partial charge is 0.497 e. The molecular formula is C21H31N3O3. The number of nitrogens with one attached hydrogen (secondary N) is 1. The molecule has 1 aliphatic carbocycles. The summed E-state index contributed by atoms with van der Waals surface area (Å²) in [6, 6.07) is 8.18. The van der Waals surface area contributed by atoms with Gasteiger partial charge in [-0.1, -0.05) is 12.1 Å². The Labute approximate surface area is 161 Å². The highest BCUT2D eigenvalue weighted by Crippen LogP contribution is 2.28. The van der Waals surface area contributed by atoms with Crippen LogP contribution in [-0.2, 0) is 16.1 Å². The van der Waals surface area contributed by atoms with Crippen molar-refractivity contribution in [2.45, 2.75) is 38.6 Å². The first-order valence-electron chi connectivity index (χ1n) is 10.1. The van der Waals surface area contributed by atoms with Crippen LogP contribution in [0.1, 0.15) is 37.7 Å². The van der Waals surface area contributed by atoms with Gasteiger partial charge in [-0.2, -0.15) is 0 Å². The van der Waals surface area contributed by atoms with Crippen LogP contribution in [-0.4, -0.2) is 61.4 Å². The Balaban J connectivity index is 1.36. The van der Waals surface area contributed by atoms with Gasteiger partial charge < -0.3 is 15.0 Å². The summed E-state index contributed by atoms with van der Waals surface area (Å²) in [5.41, 5.74) is 1.27. The van der Waals surface area contributed by atoms with Crippen molar-refractivity contribution in [2.75, 3.05) is 39.8 Å². The first-order valence-corrected chi connectivity index (χ1v) is 10.1. The number of carbonyl (C=O) groups is 2. The quantitative estimate of drug-likeness (QED) is 0.709. The minimum Gasteiger partial charge on any atom is -0.497 e. The molecule has 0 unspecified atom stereocenters. The highest BCUT2D eigenvalue weighted by atomic mass is 16.5. The van der Waals surface area contributed by atoms with E-state index in [0.717, 1.165) is 64.2 Å². The number of nitrogens with zero attached hydrogens (tertiary/aromatic N) is 2. The summed E-state index contributed by atoms with van der Waals surface area (Å²) in [5.74, 6) is 1.48. The van der Waals surface area contributed by atoms with Gasteiger partial charge in [0.05, 0.1) is 7.11 Å². The van der Waals surface area contributed by atoms with Gasteiger partial charge in [0.25, 0.3) is 0 Å². The fourth-order valence-corrected chi connectivity index (χ4v) is 3.47. The Hall–Kier alpha value is -2.08. The molecule has 1 aliphatic heterocycles. The van der Waals surface area contributed by atoms with Gasteiger partial charge in [0.15, 0.2) is 0 Å². The minimum absolute atomic E-state index is 0.159. The van der Waals surface area contributed by atoms with Gasteiger partial charge in [-0.3, -0.25) is 14.5 Å². The SMILES string of the molecule is COc1ccc(CN2CCCN(C(=O)CCCNC(=O)C3CC3)CC2)cc1. The van der Waals surface area contributed by atoms with Gasteiger partial charge in [-0.15, -0.1) is 0 Å². The fraction of sp³-hybridized carbons (Fsp3) is 0.619. The van der Waals surface area contributed by atoms with Gasteiger partial charge in [-0.05, 0) is 43.4 Å². The average molecular weight is 373 g/mol. The number of carbonyl (C=O) groups excluding carboxylic acids is 2. The number of amides is 2. The lowest BCUT2D eigenvalue weighted by molar-refractivity contribution is -0.131. The molecule has 1 aromatic rings. The first kappa shape index (κ1) is 19.7. The van der Waals surface area contributed by atoms with Gasteiger partial charge in [-0.25, -0.2) is 0 Å². The number of hydrogen-bond donors (Lipinski definition) is 1. The number of rotatable bonds is 8. The Morgan fingerprint density at radius 1 is 1.11 bits per heavy atom. The van der Waals surface area contributed by atoms with E-state index in [2.05, 4.69) is 22.3 Å². The van der Waals surface area contributed by atoms with Gasteiger partial charge in [0, 0.05) is 51.6 Å². The summed E-state index contributed by atoms with van der Waals surface area (Å²) in [6.07, 6.45) is 4.28. The summed E-state index contributed by atoms with van der Waals surface area (Å²) in [5, 5.41) is 2.93. The molecule has 1 aromatic carbocycles. The summed E-state index contributed by atoms with van der Waals surface area (Å²) in [7, 11) is 1.68. The molecule has 3 rings (SSSR count). The van der Waals surface area contributed by atoms with Crippen molar-refractivity contribution in [1.29, 1.82) is 0 Å². The van der Waals surface area contributed by atoms with E-state index in [9.17, 15) is 9.59 Å². The zero-order chi connectivity index (χ0) is 19.1. The standard InChI is InChI=1S/C21H31N3O3/c1-27-19-9-5-17(6-10-19)16-23-12-3-13-24(15-14-23)20(25)4-2-11-22-21(26)18-7-8-18/h5-6,9-10,18H,2-4,7-8,11-16H2,1H3,(H,22,26). The zero-order valence-electron chi connectivity index (χ0n) is 16.3. The topological polar surface area (TPSA) is 61.9 Å². The van der Waals surface area contributed by atoms with E-state index < -0.39 is 0 Å². The van der Waals surface area contributed by atoms with Crippen LogP contribution in [0.4, 0.5) is 0 Å². The second-order valence-corrected chi connectivity index (χ2v) is 7.53. The third kappa shape index (κ3) is 6.24. The Kier molecular flexibility index (Phi) is 7.10. The summed E-state index contributed by atoms with van der Waals surface area (Å²) in [6.45, 7) is 5.02. The number of hydrogen-bond acceptors (Lipinski definition) is 4. The molecule has 6 heteroatoms. The molecule has 0 bridgehead atoms. The highest BCUT2D eigenvalue weighted by Gasteiger charge is 2.29. The van der Waals surface area contributed by atoms with Crippen LogP contribution in [0.3, 0.4) is 0 Å². The van der Waals surface area contributed by atoms with E-state index in [1.54, 1.807) is 7.11 Å². The Bertz CT molecular complexity index is 628. The second kappa shape index (κ2) is 9.74. The maximum absolute atomic E-state index is 12.5. The summed E-state index contributed by atoms with van der Waals surface area (Å²) >= 11 is 0. The maximum Gasteiger partial charge on any atom is 0.223 e. The normalized spacial score (nSPS) is 18.0. The molecule has 2 aliphatic rings. The van der Waals surface area contributed by atoms with Crippen molar-refractivity contribution in [3.8, 4) is 5.75 Å². The molecule has 1 saturated heterocycles. The van der Waals surface area contributed by atoms with Crippen LogP contribution in [0.15, 0.2) is 24.3 Å². The van der Waals surface area contributed by atoms with Gasteiger partial charge in [0.2, 0.25) is 11.8 Å². The van der Waals surface area contributed by atoms with E-state index in [1.807, 2.05) is 17.0 Å². The molecular weight excluding hydrogens is 342 g/mol. The molecule has 0 radical (unpaired) electrons. The maximum atomic E-state index is 12.5. The number of benzene rings is 1. The highest BCUT2D eigenvalue weighted by molar-refractivity contribution is 5.81. The molecule has 27 heavy (non-hydrogen) atoms. The lowest BCUT2D eigenvalue weighted by atomic mass is 10.2. The van der Waals surface area contributed by atoms with Crippen LogP contribution in [0, 0.1) is 5.92 Å². The van der Waals surface area contributed by atoms with Crippen molar-refractivity contribution in [3.63, 3.8) is 0 Å². The lowest BCUT2D eigenvalue weighted by Crippen LogP contribution is -2.35. The third-order valence-electron chi connectivity index (χ3n) is 5.32. The molecule has 0 atom stereocenters. The molecule has 1 N–H and O–H groups in total. The average Bonchev–Trinajstić information content (AvgIpc) is 3.53. The smallest absolute Gasteiger partial charge is 0.223 e. The minimum atomic E-state index is 0.159. The molecule has 0 spiro atoms. The second-order valence-electron chi connectivity index (χ2n) is 7.53. The molecule has 2 amide bonds. The van der Waals surface area contributed by atoms with E-state index in [4.69, 9.17) is 4.74 Å². The molecule has 148 valence electrons. The Morgan fingerprint density at radius 3 is 2.59 bits per heavy atom. The lowest BCUT2D eigenvalue weighted by Gasteiger charge is -2.22. The predicted molar refractivity (Wildman–Crippen MR) is 104 cm³/mol. The van der Waals surface area contributed by atoms with E-state index in [0.29, 0.717) is 13.0 Å². The molecule has 2 fully saturated rings. The van der Waals surface area contributed by atoms with E-state index in [1.165, 1.54) is 5.56 Å². The first-order chi connectivity index (χ1) is 13.2. The van der Waals surface area contributed by atoms with Crippen LogP contribution in [0.2, 0.25) is 0 Å². The van der Waals surface area contributed by atoms with E-state index in [-0.39, 0.29) is 17.7 Å². The van der Waals surface area contributed by atoms with Crippen molar-refractivity contribution in [2.24, 2.45) is 5.92 Å². The zero-order valence-corrected chi connectivity index (χ0v) is 16.3. The summed E-state index contributed by atoms with van der Waals surface area (Å²) < 4.78 is 5.21. The Morgan fingerprint density at radius 2 is 1.89 bits per heavy atom. The van der Waals surface area contributed by atoms with Gasteiger partial charge in [0.1, 0.15) is 5.75 Å². The number of methoxy groups -OCH3 is 1. The summed E-state index contributed by atoms with van der Waals surface area (Å²) in [4.78, 5) is 28.4. The van der Waals surface area contributed by atoms with Crippen LogP contribution >= 0.6 is 0 Å². The molecule has 1 saturated carbocycles. The van der Waals surface area contributed by atoms with Crippen LogP contribution in [0.25, 0.3) is 0 Å². The van der Waals surface area contributed by atoms with Crippen molar-refractivity contribution in [1.82, 2.24) is 15.1 Å². The van der Waals surface area contributed by atoms with Crippen LogP contribution < -0.4 is 10.1 Å². The van der Waals surface area contributed by atoms with Crippen molar-refractivity contribution >= 4 is 11.8 Å². The monoisotopic (exact) mass is 373 g/mol. The van der Waals surface area contributed by atoms with Gasteiger partial charge >= 0.3 is 0 Å². The van der Waals surface area contributed by atoms with Crippen molar-refractivity contribution in [3.05, 3.63) is 29.8 Å². The predicted octanol–water partition coefficient (Wildman–Crippen LogP) is 2.04. The third-order valence-corrected chi connectivity index (χ3v) is 5.32. The number of ether oxygens (including phenoxy) is 1. The van der Waals surface area contributed by atoms with Crippen molar-refractivity contribution < 1.29 is 14.3 Å². The molecule has 0 aromatic heterocycles. The van der Waals surface area contributed by atoms with E-state index >= 15 is 0 Å². The molecule has 1 heterocycles. The molecule has 6 nitrogen and oxygen atoms in total. The fourth-order valence-electron chi connectivity index (χ4n) is 3.47.